The summed E-state index contributed by atoms with van der Waals surface area (Å²) < 4.78 is 12.5. The molecule has 9 nitrogen and oxygen atoms in total. The highest BCUT2D eigenvalue weighted by Crippen LogP contribution is 2.39. The fourth-order valence-electron chi connectivity index (χ4n) is 5.51. The van der Waals surface area contributed by atoms with Crippen LogP contribution in [-0.4, -0.2) is 54.4 Å². The van der Waals surface area contributed by atoms with E-state index in [1.165, 1.54) is 19.3 Å². The lowest BCUT2D eigenvalue weighted by molar-refractivity contribution is -0.113. The van der Waals surface area contributed by atoms with Gasteiger partial charge in [-0.25, -0.2) is 10.3 Å². The smallest absolute Gasteiger partial charge is 0.434 e. The van der Waals surface area contributed by atoms with Crippen molar-refractivity contribution in [1.82, 2.24) is 9.47 Å². The van der Waals surface area contributed by atoms with Crippen molar-refractivity contribution < 1.29 is 19.1 Å². The van der Waals surface area contributed by atoms with Gasteiger partial charge in [0.1, 0.15) is 0 Å². The third-order valence-corrected chi connectivity index (χ3v) is 7.58. The highest BCUT2D eigenvalue weighted by atomic mass is 16.7. The number of benzene rings is 2. The predicted molar refractivity (Wildman–Crippen MR) is 155 cm³/mol. The fourth-order valence-corrected chi connectivity index (χ4v) is 5.51. The Morgan fingerprint density at radius 1 is 0.950 bits per heavy atom. The quantitative estimate of drug-likeness (QED) is 0.119. The zero-order valence-corrected chi connectivity index (χ0v) is 22.9. The van der Waals surface area contributed by atoms with E-state index < -0.39 is 6.16 Å². The van der Waals surface area contributed by atoms with Gasteiger partial charge in [0.25, 0.3) is 5.91 Å². The van der Waals surface area contributed by atoms with Crippen LogP contribution in [0, 0.1) is 5.53 Å². The number of fused-ring (bicyclic) bond motifs is 2. The molecule has 2 aliphatic rings. The van der Waals surface area contributed by atoms with Crippen molar-refractivity contribution in [3.05, 3.63) is 65.9 Å². The van der Waals surface area contributed by atoms with Gasteiger partial charge in [-0.05, 0) is 63.4 Å². The molecule has 40 heavy (non-hydrogen) atoms. The molecule has 0 spiro atoms. The topological polar surface area (TPSA) is 100 Å². The standard InChI is InChI=1S/C31H37N5O4/c32-33-16-8-1-2-11-19-39-31(38)40-23-35-21-24(25-12-4-6-14-28(25)35)20-27-26-13-5-7-15-29(26)36(30(27)37)22-34-17-9-3-10-18-34/h4-7,12-15,20-21,32H,1-3,8-11,16-19,22-23H2/b27-20-,33-32?. The minimum atomic E-state index is -0.702. The van der Waals surface area contributed by atoms with Gasteiger partial charge in [0.05, 0.1) is 31.0 Å². The Morgan fingerprint density at radius 2 is 1.73 bits per heavy atom. The number of nitrogens with one attached hydrogen (secondary N) is 1. The molecule has 9 heteroatoms. The van der Waals surface area contributed by atoms with Crippen LogP contribution in [0.1, 0.15) is 56.1 Å². The van der Waals surface area contributed by atoms with E-state index in [2.05, 4.69) is 10.0 Å². The van der Waals surface area contributed by atoms with Crippen LogP contribution in [0.25, 0.3) is 22.6 Å². The molecular formula is C31H37N5O4. The van der Waals surface area contributed by atoms with E-state index in [-0.39, 0.29) is 12.6 Å². The monoisotopic (exact) mass is 543 g/mol. The molecule has 1 saturated heterocycles. The number of anilines is 1. The first-order valence-electron chi connectivity index (χ1n) is 14.2. The summed E-state index contributed by atoms with van der Waals surface area (Å²) in [6, 6.07) is 15.9. The number of carbonyl (C=O) groups excluding carboxylic acids is 2. The van der Waals surface area contributed by atoms with Gasteiger partial charge in [0.2, 0.25) is 0 Å². The number of para-hydroxylation sites is 2. The fraction of sp³-hybridized carbons (Fsp3) is 0.419. The second-order valence-electron chi connectivity index (χ2n) is 10.4. The number of unbranched alkanes of at least 4 members (excludes halogenated alkanes) is 3. The molecule has 2 aromatic carbocycles. The normalized spacial score (nSPS) is 16.4. The van der Waals surface area contributed by atoms with E-state index in [0.29, 0.717) is 25.4 Å². The molecule has 0 aliphatic carbocycles. The Bertz CT molecular complexity index is 1380. The summed E-state index contributed by atoms with van der Waals surface area (Å²) in [5, 5.41) is 4.32. The number of aromatic nitrogens is 1. The summed E-state index contributed by atoms with van der Waals surface area (Å²) >= 11 is 0. The van der Waals surface area contributed by atoms with Crippen molar-refractivity contribution >= 4 is 40.3 Å². The van der Waals surface area contributed by atoms with Gasteiger partial charge >= 0.3 is 6.16 Å². The molecule has 210 valence electrons. The molecule has 0 radical (unpaired) electrons. The molecular weight excluding hydrogens is 506 g/mol. The number of rotatable bonds is 12. The number of amides is 1. The third kappa shape index (κ3) is 6.42. The Balaban J connectivity index is 1.29. The number of nitrogens with zero attached hydrogens (tertiary/aromatic N) is 4. The molecule has 1 amide bonds. The average molecular weight is 544 g/mol. The molecule has 3 aromatic rings. The molecule has 0 unspecified atom stereocenters. The van der Waals surface area contributed by atoms with E-state index in [0.717, 1.165) is 66.5 Å². The lowest BCUT2D eigenvalue weighted by Crippen LogP contribution is -2.42. The molecule has 3 heterocycles. The Labute approximate surface area is 234 Å². The average Bonchev–Trinajstić information content (AvgIpc) is 3.47. The van der Waals surface area contributed by atoms with Crippen molar-refractivity contribution in [2.24, 2.45) is 5.11 Å². The minimum absolute atomic E-state index is 0.0116. The zero-order chi connectivity index (χ0) is 27.7. The number of hydrogen-bond donors (Lipinski definition) is 1. The highest BCUT2D eigenvalue weighted by molar-refractivity contribution is 6.36. The Hall–Kier alpha value is -3.98. The SMILES string of the molecule is N=NCCCCCCOC(=O)OCn1cc(/C=C2\C(=O)N(CN3CCCCC3)c3ccccc32)c2ccccc21. The molecule has 0 atom stereocenters. The summed E-state index contributed by atoms with van der Waals surface area (Å²) in [5.74, 6) is 0.0116. The summed E-state index contributed by atoms with van der Waals surface area (Å²) in [5.41, 5.74) is 11.2. The number of hydrogen-bond acceptors (Lipinski definition) is 7. The first-order valence-corrected chi connectivity index (χ1v) is 14.2. The molecule has 1 N–H and O–H groups in total. The van der Waals surface area contributed by atoms with Crippen LogP contribution in [0.5, 0.6) is 0 Å². The molecule has 0 bridgehead atoms. The summed E-state index contributed by atoms with van der Waals surface area (Å²) in [6.45, 7) is 3.50. The van der Waals surface area contributed by atoms with Crippen LogP contribution in [-0.2, 0) is 21.0 Å². The second kappa shape index (κ2) is 13.4. The maximum absolute atomic E-state index is 13.7. The number of ether oxygens (including phenoxy) is 2. The maximum atomic E-state index is 13.7. The van der Waals surface area contributed by atoms with Gasteiger partial charge in [0, 0.05) is 28.3 Å². The summed E-state index contributed by atoms with van der Waals surface area (Å²) in [6.07, 6.45) is 10.3. The van der Waals surface area contributed by atoms with Crippen LogP contribution in [0.4, 0.5) is 10.5 Å². The number of likely N-dealkylation sites (tertiary alicyclic amines) is 1. The second-order valence-corrected chi connectivity index (χ2v) is 10.4. The van der Waals surface area contributed by atoms with E-state index >= 15 is 0 Å². The van der Waals surface area contributed by atoms with E-state index in [1.807, 2.05) is 70.3 Å². The number of carbonyl (C=O) groups is 2. The third-order valence-electron chi connectivity index (χ3n) is 7.58. The van der Waals surface area contributed by atoms with Crippen LogP contribution < -0.4 is 4.90 Å². The van der Waals surface area contributed by atoms with Gasteiger partial charge < -0.3 is 14.0 Å². The zero-order valence-electron chi connectivity index (χ0n) is 22.9. The lowest BCUT2D eigenvalue weighted by atomic mass is 10.0. The van der Waals surface area contributed by atoms with Crippen molar-refractivity contribution in [3.8, 4) is 0 Å². The van der Waals surface area contributed by atoms with Crippen molar-refractivity contribution in [1.29, 1.82) is 5.53 Å². The van der Waals surface area contributed by atoms with Gasteiger partial charge in [-0.3, -0.25) is 14.6 Å². The molecule has 5 rings (SSSR count). The first kappa shape index (κ1) is 27.6. The Kier molecular flexibility index (Phi) is 9.23. The largest absolute Gasteiger partial charge is 0.510 e. The van der Waals surface area contributed by atoms with Gasteiger partial charge in [-0.15, -0.1) is 0 Å². The van der Waals surface area contributed by atoms with Gasteiger partial charge in [-0.2, -0.15) is 5.11 Å². The first-order chi connectivity index (χ1) is 19.7. The van der Waals surface area contributed by atoms with Crippen molar-refractivity contribution in [2.45, 2.75) is 51.7 Å². The molecule has 1 aromatic heterocycles. The molecule has 2 aliphatic heterocycles. The van der Waals surface area contributed by atoms with Crippen LogP contribution in [0.3, 0.4) is 0 Å². The summed E-state index contributed by atoms with van der Waals surface area (Å²) in [4.78, 5) is 30.2. The molecule has 1 fully saturated rings. The van der Waals surface area contributed by atoms with E-state index in [1.54, 1.807) is 0 Å². The van der Waals surface area contributed by atoms with Crippen molar-refractivity contribution in [3.63, 3.8) is 0 Å². The maximum Gasteiger partial charge on any atom is 0.510 e. The van der Waals surface area contributed by atoms with E-state index in [9.17, 15) is 9.59 Å². The van der Waals surface area contributed by atoms with Gasteiger partial charge in [0.15, 0.2) is 6.73 Å². The summed E-state index contributed by atoms with van der Waals surface area (Å²) in [7, 11) is 0. The number of piperidine rings is 1. The highest BCUT2D eigenvalue weighted by Gasteiger charge is 2.33. The molecule has 0 saturated carbocycles. The van der Waals surface area contributed by atoms with Crippen molar-refractivity contribution in [2.75, 3.05) is 37.8 Å². The predicted octanol–water partition coefficient (Wildman–Crippen LogP) is 6.67. The van der Waals surface area contributed by atoms with Gasteiger partial charge in [-0.1, -0.05) is 49.2 Å². The van der Waals surface area contributed by atoms with Crippen LogP contribution >= 0.6 is 0 Å². The van der Waals surface area contributed by atoms with Crippen LogP contribution in [0.2, 0.25) is 0 Å². The van der Waals surface area contributed by atoms with Crippen LogP contribution in [0.15, 0.2) is 59.8 Å². The Morgan fingerprint density at radius 3 is 2.58 bits per heavy atom. The lowest BCUT2D eigenvalue weighted by Gasteiger charge is -2.30. The van der Waals surface area contributed by atoms with E-state index in [4.69, 9.17) is 15.0 Å². The minimum Gasteiger partial charge on any atom is -0.434 e.